The minimum absolute atomic E-state index is 0.617. The van der Waals surface area contributed by atoms with Crippen LogP contribution in [0.25, 0.3) is 0 Å². The molecule has 78 valence electrons. The zero-order valence-corrected chi connectivity index (χ0v) is 9.85. The number of rotatable bonds is 2. The smallest absolute Gasteiger partial charge is 0.119 e. The lowest BCUT2D eigenvalue weighted by Crippen LogP contribution is -2.16. The summed E-state index contributed by atoms with van der Waals surface area (Å²) in [6.07, 6.45) is 5.87. The average Bonchev–Trinajstić information content (AvgIpc) is 2.64. The molecule has 0 radical (unpaired) electrons. The van der Waals surface area contributed by atoms with E-state index in [9.17, 15) is 0 Å². The van der Waals surface area contributed by atoms with Crippen LogP contribution in [-0.4, -0.2) is 16.7 Å². The van der Waals surface area contributed by atoms with Gasteiger partial charge in [-0.3, -0.25) is 4.99 Å². The van der Waals surface area contributed by atoms with Crippen molar-refractivity contribution in [3.63, 3.8) is 0 Å². The maximum absolute atomic E-state index is 4.47. The SMILES string of the molecule is C=C/C(=C\C)C1=NCNc2c1ccn2P. The number of aliphatic imine (C=N–C) groups is 1. The predicted octanol–water partition coefficient (Wildman–Crippen LogP) is 2.43. The molecule has 0 spiro atoms. The second kappa shape index (κ2) is 4.03. The predicted molar refractivity (Wildman–Crippen MR) is 68.5 cm³/mol. The van der Waals surface area contributed by atoms with Gasteiger partial charge in [-0.05, 0) is 28.0 Å². The van der Waals surface area contributed by atoms with Gasteiger partial charge in [0.15, 0.2) is 0 Å². The Morgan fingerprint density at radius 2 is 2.53 bits per heavy atom. The van der Waals surface area contributed by atoms with Crippen LogP contribution in [-0.2, 0) is 0 Å². The summed E-state index contributed by atoms with van der Waals surface area (Å²) >= 11 is 0. The van der Waals surface area contributed by atoms with Crippen molar-refractivity contribution in [3.05, 3.63) is 42.1 Å². The third-order valence-electron chi connectivity index (χ3n) is 2.46. The fourth-order valence-electron chi connectivity index (χ4n) is 1.70. The Hall–Kier alpha value is -1.34. The third kappa shape index (κ3) is 1.64. The molecule has 3 nitrogen and oxygen atoms in total. The zero-order valence-electron chi connectivity index (χ0n) is 8.70. The third-order valence-corrected chi connectivity index (χ3v) is 2.89. The Morgan fingerprint density at radius 1 is 1.73 bits per heavy atom. The summed E-state index contributed by atoms with van der Waals surface area (Å²) in [5.74, 6) is 1.09. The van der Waals surface area contributed by atoms with Crippen molar-refractivity contribution < 1.29 is 0 Å². The zero-order chi connectivity index (χ0) is 10.8. The van der Waals surface area contributed by atoms with E-state index in [1.54, 1.807) is 0 Å². The van der Waals surface area contributed by atoms with E-state index in [1.807, 2.05) is 29.6 Å². The van der Waals surface area contributed by atoms with Crippen molar-refractivity contribution in [2.75, 3.05) is 12.0 Å². The molecular weight excluding hydrogens is 205 g/mol. The fraction of sp³-hybridized carbons (Fsp3) is 0.182. The molecule has 0 saturated carbocycles. The van der Waals surface area contributed by atoms with Crippen LogP contribution in [0.3, 0.4) is 0 Å². The first-order chi connectivity index (χ1) is 7.27. The molecule has 1 aliphatic heterocycles. The lowest BCUT2D eigenvalue weighted by atomic mass is 10.0. The lowest BCUT2D eigenvalue weighted by molar-refractivity contribution is 1.08. The summed E-state index contributed by atoms with van der Waals surface area (Å²) in [5, 5.41) is 3.24. The van der Waals surface area contributed by atoms with E-state index < -0.39 is 0 Å². The van der Waals surface area contributed by atoms with E-state index in [4.69, 9.17) is 0 Å². The molecular formula is C11H14N3P. The summed E-state index contributed by atoms with van der Waals surface area (Å²) in [6, 6.07) is 2.06. The molecule has 0 bridgehead atoms. The fourth-order valence-corrected chi connectivity index (χ4v) is 2.02. The standard InChI is InChI=1S/C11H14N3P/c1-3-8(4-2)10-9-5-6-14(15)11(9)13-7-12-10/h3-6,13H,1,7,15H2,2H3/b8-4+. The van der Waals surface area contributed by atoms with E-state index in [0.717, 1.165) is 22.7 Å². The molecule has 4 heteroatoms. The molecule has 1 unspecified atom stereocenters. The Labute approximate surface area is 91.9 Å². The second-order valence-corrected chi connectivity index (χ2v) is 3.83. The van der Waals surface area contributed by atoms with E-state index in [2.05, 4.69) is 32.3 Å². The minimum atomic E-state index is 0.617. The normalized spacial score (nSPS) is 15.3. The van der Waals surface area contributed by atoms with Crippen LogP contribution in [0.2, 0.25) is 0 Å². The Balaban J connectivity index is 2.51. The highest BCUT2D eigenvalue weighted by molar-refractivity contribution is 7.14. The highest BCUT2D eigenvalue weighted by atomic mass is 31.0. The van der Waals surface area contributed by atoms with Crippen LogP contribution in [0.15, 0.2) is 41.6 Å². The number of allylic oxidation sites excluding steroid dienone is 3. The Morgan fingerprint density at radius 3 is 3.20 bits per heavy atom. The van der Waals surface area contributed by atoms with Crippen molar-refractivity contribution in [1.29, 1.82) is 0 Å². The quantitative estimate of drug-likeness (QED) is 0.600. The first-order valence-corrected chi connectivity index (χ1v) is 5.33. The van der Waals surface area contributed by atoms with Crippen molar-refractivity contribution >= 4 is 20.9 Å². The molecule has 1 atom stereocenters. The van der Waals surface area contributed by atoms with Gasteiger partial charge < -0.3 is 9.65 Å². The largest absolute Gasteiger partial charge is 0.352 e. The summed E-state index contributed by atoms with van der Waals surface area (Å²) in [7, 11) is 2.65. The topological polar surface area (TPSA) is 29.3 Å². The Bertz CT molecular complexity index is 454. The maximum atomic E-state index is 4.47. The highest BCUT2D eigenvalue weighted by Crippen LogP contribution is 2.26. The molecule has 2 rings (SSSR count). The van der Waals surface area contributed by atoms with Gasteiger partial charge >= 0.3 is 0 Å². The monoisotopic (exact) mass is 219 g/mol. The van der Waals surface area contributed by atoms with Gasteiger partial charge in [-0.2, -0.15) is 0 Å². The van der Waals surface area contributed by atoms with E-state index in [0.29, 0.717) is 6.67 Å². The van der Waals surface area contributed by atoms with Gasteiger partial charge in [-0.15, -0.1) is 0 Å². The highest BCUT2D eigenvalue weighted by Gasteiger charge is 2.17. The van der Waals surface area contributed by atoms with Gasteiger partial charge in [-0.25, -0.2) is 0 Å². The molecule has 2 heterocycles. The van der Waals surface area contributed by atoms with Gasteiger partial charge in [-0.1, -0.05) is 18.7 Å². The van der Waals surface area contributed by atoms with Crippen molar-refractivity contribution in [3.8, 4) is 0 Å². The number of anilines is 1. The number of hydrogen-bond acceptors (Lipinski definition) is 2. The minimum Gasteiger partial charge on any atom is -0.352 e. The summed E-state index contributed by atoms with van der Waals surface area (Å²) in [4.78, 5) is 4.47. The summed E-state index contributed by atoms with van der Waals surface area (Å²) in [6.45, 7) is 6.42. The van der Waals surface area contributed by atoms with Crippen molar-refractivity contribution in [1.82, 2.24) is 4.34 Å². The number of nitrogens with zero attached hydrogens (tertiary/aromatic N) is 2. The molecule has 1 aromatic heterocycles. The van der Waals surface area contributed by atoms with Crippen LogP contribution in [0.5, 0.6) is 0 Å². The van der Waals surface area contributed by atoms with Crippen molar-refractivity contribution in [2.24, 2.45) is 4.99 Å². The first kappa shape index (κ1) is 10.2. The van der Waals surface area contributed by atoms with Gasteiger partial charge in [0, 0.05) is 11.8 Å². The molecule has 1 N–H and O–H groups in total. The number of nitrogens with one attached hydrogen (secondary N) is 1. The van der Waals surface area contributed by atoms with Crippen molar-refractivity contribution in [2.45, 2.75) is 6.92 Å². The molecule has 0 amide bonds. The summed E-state index contributed by atoms with van der Waals surface area (Å²) in [5.41, 5.74) is 3.22. The molecule has 0 saturated heterocycles. The van der Waals surface area contributed by atoms with Crippen LogP contribution in [0.1, 0.15) is 12.5 Å². The number of hydrogen-bond donors (Lipinski definition) is 1. The molecule has 0 aromatic carbocycles. The number of fused-ring (bicyclic) bond motifs is 1. The van der Waals surface area contributed by atoms with Gasteiger partial charge in [0.1, 0.15) is 12.5 Å². The van der Waals surface area contributed by atoms with E-state index in [1.165, 1.54) is 0 Å². The summed E-state index contributed by atoms with van der Waals surface area (Å²) < 4.78 is 1.99. The molecule has 1 aliphatic rings. The van der Waals surface area contributed by atoms with E-state index in [-0.39, 0.29) is 0 Å². The van der Waals surface area contributed by atoms with Gasteiger partial charge in [0.05, 0.1) is 5.71 Å². The molecule has 1 aromatic rings. The average molecular weight is 219 g/mol. The first-order valence-electron chi connectivity index (χ1n) is 4.82. The molecule has 0 aliphatic carbocycles. The van der Waals surface area contributed by atoms with Crippen LogP contribution in [0.4, 0.5) is 5.82 Å². The van der Waals surface area contributed by atoms with Crippen LogP contribution in [0, 0.1) is 0 Å². The lowest BCUT2D eigenvalue weighted by Gasteiger charge is -2.17. The van der Waals surface area contributed by atoms with E-state index >= 15 is 0 Å². The second-order valence-electron chi connectivity index (χ2n) is 3.28. The molecule has 15 heavy (non-hydrogen) atoms. The van der Waals surface area contributed by atoms with Gasteiger partial charge in [0.2, 0.25) is 0 Å². The Kier molecular flexibility index (Phi) is 2.74. The number of aromatic nitrogens is 1. The van der Waals surface area contributed by atoms with Crippen LogP contribution >= 0.6 is 9.39 Å². The maximum Gasteiger partial charge on any atom is 0.119 e. The van der Waals surface area contributed by atoms with Gasteiger partial charge in [0.25, 0.3) is 0 Å². The van der Waals surface area contributed by atoms with Crippen LogP contribution < -0.4 is 5.32 Å². The molecule has 0 fully saturated rings.